The topological polar surface area (TPSA) is 62.0 Å². The van der Waals surface area contributed by atoms with Gasteiger partial charge in [0.25, 0.3) is 0 Å². The predicted octanol–water partition coefficient (Wildman–Crippen LogP) is 3.68. The van der Waals surface area contributed by atoms with Gasteiger partial charge >= 0.3 is 0 Å². The molecule has 2 N–H and O–H groups in total. The lowest BCUT2D eigenvalue weighted by Gasteiger charge is -2.36. The molecule has 0 radical (unpaired) electrons. The minimum absolute atomic E-state index is 0. The molecule has 3 heterocycles. The average Bonchev–Trinajstić information content (AvgIpc) is 3.40. The highest BCUT2D eigenvalue weighted by molar-refractivity contribution is 14.0. The standard InChI is InChI=1S/C21H30N4O2S.HI/c1-3-9-22-21(23-10-8-18-6-4-12-27-18)24-15-19(20-7-5-14-28-20)25-11-13-26-17(2)16-25;/h3-7,12,14,17,19H,1,8-11,13,15-16H2,2H3,(H2,22,23,24);1H. The van der Waals surface area contributed by atoms with Gasteiger partial charge in [-0.1, -0.05) is 12.1 Å². The second-order valence-corrected chi connectivity index (χ2v) is 7.80. The maximum absolute atomic E-state index is 5.72. The Labute approximate surface area is 194 Å². The first-order valence-electron chi connectivity index (χ1n) is 9.80. The molecule has 1 aliphatic heterocycles. The number of morpholine rings is 1. The summed E-state index contributed by atoms with van der Waals surface area (Å²) in [6.45, 7) is 10.7. The van der Waals surface area contributed by atoms with Crippen LogP contribution in [0, 0.1) is 0 Å². The van der Waals surface area contributed by atoms with Crippen LogP contribution in [0.1, 0.15) is 23.6 Å². The molecule has 2 aromatic rings. The van der Waals surface area contributed by atoms with Gasteiger partial charge in [0.15, 0.2) is 5.96 Å². The summed E-state index contributed by atoms with van der Waals surface area (Å²) >= 11 is 1.79. The highest BCUT2D eigenvalue weighted by Crippen LogP contribution is 2.27. The van der Waals surface area contributed by atoms with Crippen LogP contribution in [0.15, 0.2) is 58.0 Å². The highest BCUT2D eigenvalue weighted by atomic mass is 127. The van der Waals surface area contributed by atoms with Crippen LogP contribution in [0.3, 0.4) is 0 Å². The molecule has 1 aliphatic rings. The molecular weight excluding hydrogens is 499 g/mol. The Morgan fingerprint density at radius 3 is 3.00 bits per heavy atom. The lowest BCUT2D eigenvalue weighted by Crippen LogP contribution is -2.44. The molecule has 0 saturated carbocycles. The lowest BCUT2D eigenvalue weighted by molar-refractivity contribution is -0.0327. The number of thiophene rings is 1. The summed E-state index contributed by atoms with van der Waals surface area (Å²) in [5.74, 6) is 1.77. The molecule has 0 aliphatic carbocycles. The first kappa shape index (κ1) is 23.9. The van der Waals surface area contributed by atoms with Crippen molar-refractivity contribution in [2.24, 2.45) is 4.99 Å². The van der Waals surface area contributed by atoms with Crippen LogP contribution in [0.5, 0.6) is 0 Å². The third-order valence-corrected chi connectivity index (χ3v) is 5.64. The lowest BCUT2D eigenvalue weighted by atomic mass is 10.1. The molecule has 3 rings (SSSR count). The van der Waals surface area contributed by atoms with E-state index in [2.05, 4.69) is 46.5 Å². The summed E-state index contributed by atoms with van der Waals surface area (Å²) in [5.41, 5.74) is 0. The van der Waals surface area contributed by atoms with Crippen LogP contribution in [0.2, 0.25) is 0 Å². The third kappa shape index (κ3) is 7.76. The Balaban J connectivity index is 0.00000300. The van der Waals surface area contributed by atoms with Crippen molar-refractivity contribution in [3.8, 4) is 0 Å². The second kappa shape index (κ2) is 13.0. The quantitative estimate of drug-likeness (QED) is 0.224. The smallest absolute Gasteiger partial charge is 0.191 e. The summed E-state index contributed by atoms with van der Waals surface area (Å²) < 4.78 is 11.1. The van der Waals surface area contributed by atoms with Crippen molar-refractivity contribution in [1.29, 1.82) is 0 Å². The molecule has 0 bridgehead atoms. The monoisotopic (exact) mass is 530 g/mol. The van der Waals surface area contributed by atoms with E-state index in [1.54, 1.807) is 17.6 Å². The van der Waals surface area contributed by atoms with E-state index in [0.29, 0.717) is 13.1 Å². The summed E-state index contributed by atoms with van der Waals surface area (Å²) in [6, 6.07) is 8.47. The molecule has 2 unspecified atom stereocenters. The second-order valence-electron chi connectivity index (χ2n) is 6.82. The number of halogens is 1. The number of furan rings is 1. The molecular formula is C21H31IN4O2S. The Morgan fingerprint density at radius 2 is 2.31 bits per heavy atom. The normalized spacial score (nSPS) is 18.7. The summed E-state index contributed by atoms with van der Waals surface area (Å²) in [7, 11) is 0. The molecule has 0 aromatic carbocycles. The van der Waals surface area contributed by atoms with Crippen LogP contribution in [0.25, 0.3) is 0 Å². The minimum Gasteiger partial charge on any atom is -0.469 e. The van der Waals surface area contributed by atoms with E-state index >= 15 is 0 Å². The van der Waals surface area contributed by atoms with E-state index < -0.39 is 0 Å². The van der Waals surface area contributed by atoms with Gasteiger partial charge < -0.3 is 19.8 Å². The fourth-order valence-corrected chi connectivity index (χ4v) is 4.13. The van der Waals surface area contributed by atoms with Crippen molar-refractivity contribution in [2.75, 3.05) is 39.3 Å². The molecule has 6 nitrogen and oxygen atoms in total. The number of hydrogen-bond donors (Lipinski definition) is 2. The average molecular weight is 530 g/mol. The zero-order valence-corrected chi connectivity index (χ0v) is 20.0. The number of nitrogens with zero attached hydrogens (tertiary/aromatic N) is 2. The largest absolute Gasteiger partial charge is 0.469 e. The number of rotatable bonds is 9. The maximum atomic E-state index is 5.72. The van der Waals surface area contributed by atoms with E-state index in [-0.39, 0.29) is 36.1 Å². The number of aliphatic imine (C=N–C) groups is 1. The zero-order chi connectivity index (χ0) is 19.6. The molecule has 0 amide bonds. The molecule has 2 aromatic heterocycles. The molecule has 1 fully saturated rings. The van der Waals surface area contributed by atoms with E-state index in [1.807, 2.05) is 18.2 Å². The van der Waals surface area contributed by atoms with Gasteiger partial charge in [-0.05, 0) is 30.5 Å². The minimum atomic E-state index is 0. The van der Waals surface area contributed by atoms with Crippen molar-refractivity contribution < 1.29 is 9.15 Å². The fraction of sp³-hybridized carbons (Fsp3) is 0.476. The van der Waals surface area contributed by atoms with Gasteiger partial charge in [-0.2, -0.15) is 0 Å². The van der Waals surface area contributed by atoms with E-state index in [4.69, 9.17) is 14.1 Å². The summed E-state index contributed by atoms with van der Waals surface area (Å²) in [4.78, 5) is 8.70. The van der Waals surface area contributed by atoms with Gasteiger partial charge in [0.2, 0.25) is 0 Å². The Morgan fingerprint density at radius 1 is 1.41 bits per heavy atom. The first-order chi connectivity index (χ1) is 13.8. The molecule has 8 heteroatoms. The van der Waals surface area contributed by atoms with Crippen molar-refractivity contribution >= 4 is 41.3 Å². The van der Waals surface area contributed by atoms with Crippen LogP contribution in [-0.4, -0.2) is 56.3 Å². The van der Waals surface area contributed by atoms with E-state index in [1.165, 1.54) is 4.88 Å². The highest BCUT2D eigenvalue weighted by Gasteiger charge is 2.26. The molecule has 0 spiro atoms. The van der Waals surface area contributed by atoms with Crippen molar-refractivity contribution in [1.82, 2.24) is 15.5 Å². The Hall–Kier alpha value is -1.36. The summed E-state index contributed by atoms with van der Waals surface area (Å²) in [5, 5.41) is 8.84. The zero-order valence-electron chi connectivity index (χ0n) is 16.9. The number of nitrogens with one attached hydrogen (secondary N) is 2. The number of ether oxygens (including phenoxy) is 1. The molecule has 1 saturated heterocycles. The van der Waals surface area contributed by atoms with Gasteiger partial charge in [-0.25, -0.2) is 0 Å². The molecule has 29 heavy (non-hydrogen) atoms. The van der Waals surface area contributed by atoms with Crippen LogP contribution in [-0.2, 0) is 11.2 Å². The van der Waals surface area contributed by atoms with Crippen LogP contribution < -0.4 is 10.6 Å². The Kier molecular flexibility index (Phi) is 10.8. The number of hydrogen-bond acceptors (Lipinski definition) is 5. The molecule has 2 atom stereocenters. The van der Waals surface area contributed by atoms with Crippen LogP contribution >= 0.6 is 35.3 Å². The molecule has 160 valence electrons. The van der Waals surface area contributed by atoms with Crippen molar-refractivity contribution in [3.05, 3.63) is 59.2 Å². The fourth-order valence-electron chi connectivity index (χ4n) is 3.27. The first-order valence-corrected chi connectivity index (χ1v) is 10.7. The van der Waals surface area contributed by atoms with Gasteiger partial charge in [0, 0.05) is 37.5 Å². The van der Waals surface area contributed by atoms with Gasteiger partial charge in [-0.15, -0.1) is 41.9 Å². The third-order valence-electron chi connectivity index (χ3n) is 4.66. The van der Waals surface area contributed by atoms with E-state index in [0.717, 1.165) is 44.4 Å². The van der Waals surface area contributed by atoms with Crippen LogP contribution in [0.4, 0.5) is 0 Å². The van der Waals surface area contributed by atoms with E-state index in [9.17, 15) is 0 Å². The number of guanidine groups is 1. The predicted molar refractivity (Wildman–Crippen MR) is 130 cm³/mol. The van der Waals surface area contributed by atoms with Gasteiger partial charge in [-0.3, -0.25) is 9.89 Å². The Bertz CT molecular complexity index is 721. The SMILES string of the molecule is C=CCNC(=NCC(c1cccs1)N1CCOC(C)C1)NCCc1ccco1.I. The maximum Gasteiger partial charge on any atom is 0.191 e. The van der Waals surface area contributed by atoms with Crippen molar-refractivity contribution in [2.45, 2.75) is 25.5 Å². The summed E-state index contributed by atoms with van der Waals surface area (Å²) in [6.07, 6.45) is 4.61. The van der Waals surface area contributed by atoms with Crippen molar-refractivity contribution in [3.63, 3.8) is 0 Å². The van der Waals surface area contributed by atoms with Gasteiger partial charge in [0.05, 0.1) is 31.6 Å². The van der Waals surface area contributed by atoms with Gasteiger partial charge in [0.1, 0.15) is 5.76 Å².